The van der Waals surface area contributed by atoms with Crippen LogP contribution in [0.15, 0.2) is 0 Å². The molecule has 0 aliphatic rings. The van der Waals surface area contributed by atoms with Crippen molar-refractivity contribution in [2.75, 3.05) is 25.5 Å². The summed E-state index contributed by atoms with van der Waals surface area (Å²) in [5, 5.41) is 0. The summed E-state index contributed by atoms with van der Waals surface area (Å²) in [5.74, 6) is 0.0397. The highest BCUT2D eigenvalue weighted by Crippen LogP contribution is 2.11. The van der Waals surface area contributed by atoms with E-state index in [4.69, 9.17) is 10.7 Å². The molecule has 0 aliphatic heterocycles. The van der Waals surface area contributed by atoms with Crippen LogP contribution in [0.2, 0.25) is 0 Å². The molecule has 0 unspecified atom stereocenters. The molecule has 0 amide bonds. The molecule has 12 heavy (non-hydrogen) atoms. The minimum absolute atomic E-state index is 0.0397. The van der Waals surface area contributed by atoms with Crippen molar-refractivity contribution >= 4 is 19.7 Å². The molecular weight excluding hydrogens is 198 g/mol. The van der Waals surface area contributed by atoms with E-state index in [9.17, 15) is 8.42 Å². The average Bonchev–Trinajstić information content (AvgIpc) is 1.99. The van der Waals surface area contributed by atoms with Crippen LogP contribution in [0.3, 0.4) is 0 Å². The zero-order chi connectivity index (χ0) is 9.83. The molecule has 0 bridgehead atoms. The normalized spacial score (nSPS) is 13.3. The Kier molecular flexibility index (Phi) is 4.51. The Bertz CT molecular complexity index is 213. The van der Waals surface area contributed by atoms with Gasteiger partial charge in [-0.3, -0.25) is 0 Å². The molecule has 0 atom stereocenters. The molecule has 74 valence electrons. The predicted molar refractivity (Wildman–Crippen MR) is 51.5 cm³/mol. The van der Waals surface area contributed by atoms with Crippen molar-refractivity contribution in [1.29, 1.82) is 0 Å². The van der Waals surface area contributed by atoms with Crippen molar-refractivity contribution in [2.45, 2.75) is 20.8 Å². The number of rotatable bonds is 5. The Morgan fingerprint density at radius 2 is 1.42 bits per heavy atom. The number of hydrogen-bond acceptors (Lipinski definition) is 2. The van der Waals surface area contributed by atoms with E-state index in [1.54, 1.807) is 0 Å². The monoisotopic (exact) mass is 214 g/mol. The maximum atomic E-state index is 10.9. The first-order valence-corrected chi connectivity index (χ1v) is 6.64. The van der Waals surface area contributed by atoms with Gasteiger partial charge in [0.25, 0.3) is 9.05 Å². The Morgan fingerprint density at radius 1 is 1.08 bits per heavy atom. The van der Waals surface area contributed by atoms with Crippen molar-refractivity contribution in [3.8, 4) is 0 Å². The standard InChI is InChI=1S/C7H17ClNO2S/c1-4-9(5-2,6-3)7-12(8,10)11/h4-7H2,1-3H3/q+1. The summed E-state index contributed by atoms with van der Waals surface area (Å²) >= 11 is 0. The van der Waals surface area contributed by atoms with Crippen molar-refractivity contribution in [1.82, 2.24) is 0 Å². The van der Waals surface area contributed by atoms with Gasteiger partial charge in [0, 0.05) is 10.7 Å². The van der Waals surface area contributed by atoms with Gasteiger partial charge in [0.05, 0.1) is 19.6 Å². The fourth-order valence-electron chi connectivity index (χ4n) is 1.27. The molecule has 0 spiro atoms. The van der Waals surface area contributed by atoms with Crippen molar-refractivity contribution in [2.24, 2.45) is 0 Å². The third kappa shape index (κ3) is 3.74. The molecule has 0 saturated carbocycles. The molecular formula is C7H17ClNO2S+. The van der Waals surface area contributed by atoms with Gasteiger partial charge in [-0.1, -0.05) is 0 Å². The molecule has 0 saturated heterocycles. The van der Waals surface area contributed by atoms with Crippen LogP contribution in [0, 0.1) is 0 Å². The second kappa shape index (κ2) is 4.44. The third-order valence-corrected chi connectivity index (χ3v) is 3.59. The Balaban J connectivity index is 4.52. The van der Waals surface area contributed by atoms with Crippen LogP contribution in [0.1, 0.15) is 20.8 Å². The summed E-state index contributed by atoms with van der Waals surface area (Å²) in [6, 6.07) is 0. The predicted octanol–water partition coefficient (Wildman–Crippen LogP) is 1.39. The lowest BCUT2D eigenvalue weighted by Crippen LogP contribution is -2.49. The molecule has 0 heterocycles. The molecule has 0 radical (unpaired) electrons. The second-order valence-corrected chi connectivity index (χ2v) is 5.70. The van der Waals surface area contributed by atoms with Crippen LogP contribution in [-0.2, 0) is 9.05 Å². The van der Waals surface area contributed by atoms with Crippen LogP contribution in [0.5, 0.6) is 0 Å². The average molecular weight is 215 g/mol. The zero-order valence-electron chi connectivity index (χ0n) is 7.88. The van der Waals surface area contributed by atoms with Crippen molar-refractivity contribution in [3.05, 3.63) is 0 Å². The highest BCUT2D eigenvalue weighted by molar-refractivity contribution is 8.13. The SMILES string of the molecule is CC[N+](CC)(CC)CS(=O)(=O)Cl. The van der Waals surface area contributed by atoms with E-state index in [1.807, 2.05) is 20.8 Å². The highest BCUT2D eigenvalue weighted by atomic mass is 35.7. The summed E-state index contributed by atoms with van der Waals surface area (Å²) in [7, 11) is 1.84. The van der Waals surface area contributed by atoms with Gasteiger partial charge >= 0.3 is 0 Å². The highest BCUT2D eigenvalue weighted by Gasteiger charge is 2.27. The first kappa shape index (κ1) is 12.2. The topological polar surface area (TPSA) is 34.1 Å². The van der Waals surface area contributed by atoms with Crippen molar-refractivity contribution < 1.29 is 12.9 Å². The molecule has 3 nitrogen and oxygen atoms in total. The molecule has 0 aromatic heterocycles. The summed E-state index contributed by atoms with van der Waals surface area (Å²) in [5.41, 5.74) is 0. The van der Waals surface area contributed by atoms with Gasteiger partial charge in [-0.2, -0.15) is 0 Å². The summed E-state index contributed by atoms with van der Waals surface area (Å²) in [6.07, 6.45) is 0. The van der Waals surface area contributed by atoms with E-state index >= 15 is 0 Å². The number of hydrogen-bond donors (Lipinski definition) is 0. The summed E-state index contributed by atoms with van der Waals surface area (Å²) < 4.78 is 22.3. The van der Waals surface area contributed by atoms with E-state index in [0.717, 1.165) is 19.6 Å². The van der Waals surface area contributed by atoms with E-state index in [1.165, 1.54) is 0 Å². The Labute approximate surface area is 79.3 Å². The number of quaternary nitrogens is 1. The lowest BCUT2D eigenvalue weighted by Gasteiger charge is -2.34. The lowest BCUT2D eigenvalue weighted by atomic mass is 10.4. The maximum Gasteiger partial charge on any atom is 0.283 e. The quantitative estimate of drug-likeness (QED) is 0.512. The summed E-state index contributed by atoms with van der Waals surface area (Å²) in [4.78, 5) is 0. The van der Waals surface area contributed by atoms with Gasteiger partial charge in [-0.05, 0) is 20.8 Å². The second-order valence-electron chi connectivity index (χ2n) is 2.96. The minimum Gasteiger partial charge on any atom is -0.311 e. The molecule has 5 heteroatoms. The largest absolute Gasteiger partial charge is 0.311 e. The first-order chi connectivity index (χ1) is 5.39. The fourth-order valence-corrected chi connectivity index (χ4v) is 3.09. The Morgan fingerprint density at radius 3 is 1.50 bits per heavy atom. The third-order valence-electron chi connectivity index (χ3n) is 2.44. The first-order valence-electron chi connectivity index (χ1n) is 4.16. The van der Waals surface area contributed by atoms with Crippen LogP contribution in [-0.4, -0.2) is 38.4 Å². The van der Waals surface area contributed by atoms with Gasteiger partial charge in [0.2, 0.25) is 0 Å². The van der Waals surface area contributed by atoms with Gasteiger partial charge in [0.15, 0.2) is 5.88 Å². The van der Waals surface area contributed by atoms with E-state index in [-0.39, 0.29) is 5.88 Å². The van der Waals surface area contributed by atoms with Crippen LogP contribution in [0.4, 0.5) is 0 Å². The Hall–Kier alpha value is 0.200. The van der Waals surface area contributed by atoms with Gasteiger partial charge in [-0.25, -0.2) is 8.42 Å². The fraction of sp³-hybridized carbons (Fsp3) is 1.00. The minimum atomic E-state index is -3.37. The number of halogens is 1. The van der Waals surface area contributed by atoms with E-state index < -0.39 is 9.05 Å². The molecule has 0 aromatic rings. The van der Waals surface area contributed by atoms with Crippen LogP contribution >= 0.6 is 10.7 Å². The summed E-state index contributed by atoms with van der Waals surface area (Å²) in [6.45, 7) is 8.36. The van der Waals surface area contributed by atoms with E-state index in [2.05, 4.69) is 0 Å². The molecule has 0 fully saturated rings. The molecule has 0 N–H and O–H groups in total. The molecule has 0 aromatic carbocycles. The lowest BCUT2D eigenvalue weighted by molar-refractivity contribution is -0.911. The number of nitrogens with zero attached hydrogens (tertiary/aromatic N) is 1. The van der Waals surface area contributed by atoms with Crippen molar-refractivity contribution in [3.63, 3.8) is 0 Å². The zero-order valence-corrected chi connectivity index (χ0v) is 9.45. The molecule has 0 rings (SSSR count). The maximum absolute atomic E-state index is 10.9. The van der Waals surface area contributed by atoms with Gasteiger partial charge < -0.3 is 4.48 Å². The van der Waals surface area contributed by atoms with Gasteiger partial charge in [-0.15, -0.1) is 0 Å². The van der Waals surface area contributed by atoms with E-state index in [0.29, 0.717) is 4.48 Å². The van der Waals surface area contributed by atoms with Crippen LogP contribution < -0.4 is 0 Å². The van der Waals surface area contributed by atoms with Gasteiger partial charge in [0.1, 0.15) is 0 Å². The van der Waals surface area contributed by atoms with Crippen LogP contribution in [0.25, 0.3) is 0 Å². The molecule has 0 aliphatic carbocycles. The smallest absolute Gasteiger partial charge is 0.283 e.